The number of nitrogens with zero attached hydrogens (tertiary/aromatic N) is 3. The molecule has 2 aliphatic rings. The Morgan fingerprint density at radius 2 is 1.92 bits per heavy atom. The highest BCUT2D eigenvalue weighted by Gasteiger charge is 2.31. The van der Waals surface area contributed by atoms with E-state index in [2.05, 4.69) is 26.0 Å². The predicted octanol–water partition coefficient (Wildman–Crippen LogP) is 2.57. The van der Waals surface area contributed by atoms with Gasteiger partial charge in [0.1, 0.15) is 17.8 Å². The third-order valence-electron chi connectivity index (χ3n) is 5.32. The average molecular weight is 547 g/mol. The van der Waals surface area contributed by atoms with Crippen LogP contribution >= 0.6 is 0 Å². The van der Waals surface area contributed by atoms with Crippen molar-refractivity contribution in [2.45, 2.75) is 12.3 Å². The first-order chi connectivity index (χ1) is 18.7. The maximum atomic E-state index is 13.0. The molecule has 39 heavy (non-hydrogen) atoms. The molecular weight excluding hydrogens is 521 g/mol. The lowest BCUT2D eigenvalue weighted by Crippen LogP contribution is -2.44. The largest absolute Gasteiger partial charge is 0.438 e. The van der Waals surface area contributed by atoms with Gasteiger partial charge in [0.05, 0.1) is 31.9 Å². The molecule has 11 nitrogen and oxygen atoms in total. The average Bonchev–Trinajstić information content (AvgIpc) is 3.29. The highest BCUT2D eigenvalue weighted by molar-refractivity contribution is 6.05. The van der Waals surface area contributed by atoms with E-state index in [1.807, 2.05) is 0 Å². The van der Waals surface area contributed by atoms with Crippen molar-refractivity contribution >= 4 is 29.4 Å². The number of nitrogens with one attached hydrogen (secondary N) is 3. The van der Waals surface area contributed by atoms with Crippen LogP contribution in [0.5, 0.6) is 5.75 Å². The minimum Gasteiger partial charge on any atom is -0.438 e. The van der Waals surface area contributed by atoms with Crippen LogP contribution in [0.3, 0.4) is 0 Å². The van der Waals surface area contributed by atoms with Crippen LogP contribution in [0.25, 0.3) is 0 Å². The lowest BCUT2D eigenvalue weighted by Gasteiger charge is -2.18. The van der Waals surface area contributed by atoms with Gasteiger partial charge in [0.2, 0.25) is 5.90 Å². The summed E-state index contributed by atoms with van der Waals surface area (Å²) in [6, 6.07) is 10.0. The standard InChI is InChI=1S/C25H25F3N6O5/c26-25(27,28)17-4-1-3-16(13-17)23(36)30-18-5-2-6-19(14-18)39-22-8-7-21-31-20(15-34(21)33-22)32-24(37)29-9-11-38-12-10-35/h1-8,13-14,20,35H,9-12,15H2,(H,30,36)(H2,29,32,37). The molecule has 206 valence electrons. The van der Waals surface area contributed by atoms with E-state index in [-0.39, 0.29) is 44.4 Å². The summed E-state index contributed by atoms with van der Waals surface area (Å²) in [6.45, 7) is 0.917. The first kappa shape index (κ1) is 27.6. The van der Waals surface area contributed by atoms with Gasteiger partial charge in [-0.2, -0.15) is 13.2 Å². The van der Waals surface area contributed by atoms with Crippen LogP contribution < -0.4 is 20.7 Å². The number of alkyl halides is 3. The number of amidine groups is 1. The highest BCUT2D eigenvalue weighted by Crippen LogP contribution is 2.30. The van der Waals surface area contributed by atoms with Gasteiger partial charge in [0.15, 0.2) is 0 Å². The van der Waals surface area contributed by atoms with Crippen LogP contribution in [0, 0.1) is 0 Å². The predicted molar refractivity (Wildman–Crippen MR) is 135 cm³/mol. The van der Waals surface area contributed by atoms with Crippen LogP contribution in [0.2, 0.25) is 0 Å². The number of urea groups is 1. The number of amides is 3. The first-order valence-electron chi connectivity index (χ1n) is 11.8. The number of hydrogen-bond donors (Lipinski definition) is 4. The molecule has 14 heteroatoms. The molecule has 3 amide bonds. The van der Waals surface area contributed by atoms with Crippen molar-refractivity contribution in [3.63, 3.8) is 0 Å². The number of anilines is 1. The minimum atomic E-state index is -4.56. The Labute approximate surface area is 221 Å². The number of carbonyl (C=O) groups excluding carboxylic acids is 2. The molecule has 1 unspecified atom stereocenters. The van der Waals surface area contributed by atoms with Crippen molar-refractivity contribution in [2.75, 3.05) is 38.2 Å². The Bertz CT molecular complexity index is 1300. The fourth-order valence-electron chi connectivity index (χ4n) is 3.58. The number of rotatable bonds is 9. The summed E-state index contributed by atoms with van der Waals surface area (Å²) in [4.78, 5) is 28.9. The minimum absolute atomic E-state index is 0.0906. The number of ether oxygens (including phenoxy) is 2. The smallest absolute Gasteiger partial charge is 0.416 e. The Kier molecular flexibility index (Phi) is 8.78. The van der Waals surface area contributed by atoms with Gasteiger partial charge in [-0.3, -0.25) is 4.79 Å². The van der Waals surface area contributed by atoms with Crippen molar-refractivity contribution in [3.8, 4) is 5.75 Å². The molecule has 1 atom stereocenters. The molecular formula is C25H25F3N6O5. The maximum absolute atomic E-state index is 13.0. The SMILES string of the molecule is O=C(NCCOCCO)NC1CN2N=C(Oc3cccc(NC(=O)c4cccc(C(F)(F)F)c4)c3)C=CC2=N1. The lowest BCUT2D eigenvalue weighted by atomic mass is 10.1. The summed E-state index contributed by atoms with van der Waals surface area (Å²) in [7, 11) is 0. The van der Waals surface area contributed by atoms with Crippen molar-refractivity contribution in [3.05, 3.63) is 71.8 Å². The third kappa shape index (κ3) is 7.78. The van der Waals surface area contributed by atoms with Crippen molar-refractivity contribution in [2.24, 2.45) is 10.1 Å². The second-order valence-electron chi connectivity index (χ2n) is 8.26. The van der Waals surface area contributed by atoms with Gasteiger partial charge in [-0.05, 0) is 36.4 Å². The molecule has 0 saturated heterocycles. The lowest BCUT2D eigenvalue weighted by molar-refractivity contribution is -0.137. The quantitative estimate of drug-likeness (QED) is 0.357. The van der Waals surface area contributed by atoms with E-state index in [9.17, 15) is 22.8 Å². The van der Waals surface area contributed by atoms with Crippen LogP contribution in [0.4, 0.5) is 23.7 Å². The molecule has 0 saturated carbocycles. The van der Waals surface area contributed by atoms with Gasteiger partial charge in [0.25, 0.3) is 5.91 Å². The van der Waals surface area contributed by atoms with E-state index in [4.69, 9.17) is 14.6 Å². The molecule has 2 heterocycles. The second kappa shape index (κ2) is 12.4. The molecule has 0 bridgehead atoms. The summed E-state index contributed by atoms with van der Waals surface area (Å²) >= 11 is 0. The summed E-state index contributed by atoms with van der Waals surface area (Å²) in [5.74, 6) is 0.381. The molecule has 0 spiro atoms. The number of fused-ring (bicyclic) bond motifs is 1. The molecule has 4 rings (SSSR count). The monoisotopic (exact) mass is 546 g/mol. The van der Waals surface area contributed by atoms with E-state index in [0.717, 1.165) is 12.1 Å². The zero-order valence-corrected chi connectivity index (χ0v) is 20.4. The van der Waals surface area contributed by atoms with Crippen molar-refractivity contribution in [1.82, 2.24) is 15.6 Å². The highest BCUT2D eigenvalue weighted by atomic mass is 19.4. The Balaban J connectivity index is 1.30. The van der Waals surface area contributed by atoms with Crippen molar-refractivity contribution in [1.29, 1.82) is 0 Å². The summed E-state index contributed by atoms with van der Waals surface area (Å²) in [6.07, 6.45) is -1.84. The van der Waals surface area contributed by atoms with E-state index in [1.165, 1.54) is 18.2 Å². The van der Waals surface area contributed by atoms with Crippen molar-refractivity contribution < 1.29 is 37.3 Å². The molecule has 0 fully saturated rings. The molecule has 2 aromatic carbocycles. The van der Waals surface area contributed by atoms with Gasteiger partial charge < -0.3 is 30.5 Å². The number of hydrazone groups is 1. The number of aliphatic hydroxyl groups is 1. The fourth-order valence-corrected chi connectivity index (χ4v) is 3.58. The maximum Gasteiger partial charge on any atom is 0.416 e. The number of carbonyl (C=O) groups is 2. The third-order valence-corrected chi connectivity index (χ3v) is 5.32. The van der Waals surface area contributed by atoms with Crippen LogP contribution in [-0.2, 0) is 10.9 Å². The fraction of sp³-hybridized carbons (Fsp3) is 0.280. The summed E-state index contributed by atoms with van der Waals surface area (Å²) < 4.78 is 49.8. The van der Waals surface area contributed by atoms with E-state index in [0.29, 0.717) is 17.3 Å². The van der Waals surface area contributed by atoms with Gasteiger partial charge in [-0.25, -0.2) is 14.8 Å². The number of benzene rings is 2. The molecule has 4 N–H and O–H groups in total. The van der Waals surface area contributed by atoms with E-state index >= 15 is 0 Å². The topological polar surface area (TPSA) is 137 Å². The normalized spacial score (nSPS) is 16.2. The number of hydrogen-bond acceptors (Lipinski definition) is 8. The zero-order chi connectivity index (χ0) is 27.8. The Hall–Kier alpha value is -4.43. The Morgan fingerprint density at radius 3 is 2.72 bits per heavy atom. The molecule has 2 aromatic rings. The molecule has 0 radical (unpaired) electrons. The van der Waals surface area contributed by atoms with Gasteiger partial charge in [0, 0.05) is 29.9 Å². The molecule has 0 aromatic heterocycles. The zero-order valence-electron chi connectivity index (χ0n) is 20.4. The van der Waals surface area contributed by atoms with Crippen LogP contribution in [0.15, 0.2) is 70.8 Å². The molecule has 0 aliphatic carbocycles. The van der Waals surface area contributed by atoms with Crippen LogP contribution in [0.1, 0.15) is 15.9 Å². The Morgan fingerprint density at radius 1 is 1.10 bits per heavy atom. The number of aliphatic hydroxyl groups excluding tert-OH is 1. The summed E-state index contributed by atoms with van der Waals surface area (Å²) in [5, 5.41) is 22.5. The molecule has 2 aliphatic heterocycles. The first-order valence-corrected chi connectivity index (χ1v) is 11.8. The van der Waals surface area contributed by atoms with Crippen LogP contribution in [-0.4, -0.2) is 72.9 Å². The van der Waals surface area contributed by atoms with Gasteiger partial charge in [-0.15, -0.1) is 5.10 Å². The van der Waals surface area contributed by atoms with Gasteiger partial charge in [-0.1, -0.05) is 12.1 Å². The summed E-state index contributed by atoms with van der Waals surface area (Å²) in [5.41, 5.74) is -0.736. The number of aliphatic imine (C=N–C) groups is 1. The number of halogens is 3. The van der Waals surface area contributed by atoms with Gasteiger partial charge >= 0.3 is 12.2 Å². The van der Waals surface area contributed by atoms with E-state index in [1.54, 1.807) is 35.4 Å². The van der Waals surface area contributed by atoms with E-state index < -0.39 is 29.8 Å². The second-order valence-corrected chi connectivity index (χ2v) is 8.26.